The number of aliphatic hydroxyl groups is 2. The van der Waals surface area contributed by atoms with Crippen molar-refractivity contribution in [3.63, 3.8) is 0 Å². The van der Waals surface area contributed by atoms with Gasteiger partial charge in [0.2, 0.25) is 5.91 Å². The molecule has 0 bridgehead atoms. The highest BCUT2D eigenvalue weighted by atomic mass is 16.5. The number of allylic oxidation sites excluding steroid dienone is 5. The Hall–Kier alpha value is -1.92. The molecule has 0 saturated heterocycles. The Morgan fingerprint density at radius 2 is 0.653 bits per heavy atom. The van der Waals surface area contributed by atoms with Gasteiger partial charge in [0.05, 0.1) is 25.4 Å². The van der Waals surface area contributed by atoms with E-state index in [9.17, 15) is 19.8 Å². The zero-order valence-electron chi connectivity index (χ0n) is 48.4. The van der Waals surface area contributed by atoms with Gasteiger partial charge in [-0.2, -0.15) is 0 Å². The molecule has 0 aliphatic carbocycles. The number of unbranched alkanes of at least 4 members (excludes halogenated alkanes) is 45. The molecule has 72 heavy (non-hydrogen) atoms. The van der Waals surface area contributed by atoms with Crippen molar-refractivity contribution in [2.24, 2.45) is 0 Å². The highest BCUT2D eigenvalue weighted by molar-refractivity contribution is 5.76. The molecule has 0 fully saturated rings. The van der Waals surface area contributed by atoms with E-state index in [0.29, 0.717) is 19.4 Å². The Balaban J connectivity index is 3.41. The first-order chi connectivity index (χ1) is 35.5. The quantitative estimate of drug-likeness (QED) is 0.0320. The number of amides is 1. The normalized spacial score (nSPS) is 12.8. The van der Waals surface area contributed by atoms with Gasteiger partial charge in [-0.05, 0) is 83.5 Å². The Bertz CT molecular complexity index is 1170. The van der Waals surface area contributed by atoms with Crippen molar-refractivity contribution >= 4 is 11.9 Å². The number of hydrogen-bond acceptors (Lipinski definition) is 5. The highest BCUT2D eigenvalue weighted by Crippen LogP contribution is 2.17. The first-order valence-corrected chi connectivity index (χ1v) is 32.3. The number of aliphatic hydroxyl groups excluding tert-OH is 2. The first-order valence-electron chi connectivity index (χ1n) is 32.3. The first kappa shape index (κ1) is 70.1. The molecule has 0 aliphatic rings. The summed E-state index contributed by atoms with van der Waals surface area (Å²) in [6.45, 7) is 4.91. The van der Waals surface area contributed by atoms with Crippen LogP contribution in [0, 0.1) is 0 Å². The molecule has 0 radical (unpaired) electrons. The summed E-state index contributed by atoms with van der Waals surface area (Å²) in [5.74, 6) is -0.0651. The van der Waals surface area contributed by atoms with Gasteiger partial charge in [-0.25, -0.2) is 0 Å². The molecule has 0 heterocycles. The number of carbonyl (C=O) groups is 2. The van der Waals surface area contributed by atoms with E-state index in [0.717, 1.165) is 51.4 Å². The molecule has 424 valence electrons. The Morgan fingerprint density at radius 3 is 0.986 bits per heavy atom. The van der Waals surface area contributed by atoms with Crippen LogP contribution < -0.4 is 5.32 Å². The molecular formula is C66H125NO5. The van der Waals surface area contributed by atoms with Crippen LogP contribution in [0.5, 0.6) is 0 Å². The third-order valence-electron chi connectivity index (χ3n) is 14.9. The fourth-order valence-corrected chi connectivity index (χ4v) is 9.92. The topological polar surface area (TPSA) is 95.9 Å². The standard InChI is InChI=1S/C66H125NO5/c1-3-5-7-9-11-13-15-17-19-20-25-29-32-36-40-44-48-52-56-60-66(71)72-61-57-53-49-45-41-37-33-30-27-24-22-21-23-26-28-31-35-39-43-47-51-55-59-65(70)67-63(62-68)64(69)58-54-50-46-42-38-34-18-16-14-12-10-8-6-4-2/h17,19,23,26,54,58,63-64,68-69H,3-16,18,20-22,24-25,27-53,55-57,59-62H2,1-2H3,(H,67,70)/b19-17-,26-23-,58-54+. The van der Waals surface area contributed by atoms with Crippen LogP contribution in [0.2, 0.25) is 0 Å². The van der Waals surface area contributed by atoms with Crippen LogP contribution in [-0.4, -0.2) is 47.4 Å². The van der Waals surface area contributed by atoms with E-state index in [1.54, 1.807) is 6.08 Å². The maximum Gasteiger partial charge on any atom is 0.305 e. The lowest BCUT2D eigenvalue weighted by atomic mass is 10.0. The van der Waals surface area contributed by atoms with Crippen molar-refractivity contribution in [1.82, 2.24) is 5.32 Å². The summed E-state index contributed by atoms with van der Waals surface area (Å²) in [6.07, 6.45) is 77.6. The zero-order chi connectivity index (χ0) is 52.2. The molecule has 0 rings (SSSR count). The third kappa shape index (κ3) is 57.4. The van der Waals surface area contributed by atoms with E-state index in [-0.39, 0.29) is 18.5 Å². The molecule has 0 aromatic rings. The maximum absolute atomic E-state index is 12.5. The third-order valence-corrected chi connectivity index (χ3v) is 14.9. The van der Waals surface area contributed by atoms with E-state index in [4.69, 9.17) is 4.74 Å². The molecule has 3 N–H and O–H groups in total. The van der Waals surface area contributed by atoms with Crippen LogP contribution in [0.1, 0.15) is 348 Å². The van der Waals surface area contributed by atoms with Gasteiger partial charge < -0.3 is 20.3 Å². The lowest BCUT2D eigenvalue weighted by Gasteiger charge is -2.20. The van der Waals surface area contributed by atoms with Crippen molar-refractivity contribution in [2.75, 3.05) is 13.2 Å². The van der Waals surface area contributed by atoms with Crippen LogP contribution in [0.3, 0.4) is 0 Å². The highest BCUT2D eigenvalue weighted by Gasteiger charge is 2.18. The Kier molecular flexibility index (Phi) is 60.0. The molecule has 0 spiro atoms. The minimum Gasteiger partial charge on any atom is -0.466 e. The number of nitrogens with one attached hydrogen (secondary N) is 1. The van der Waals surface area contributed by atoms with Gasteiger partial charge in [-0.1, -0.05) is 288 Å². The van der Waals surface area contributed by atoms with Crippen molar-refractivity contribution in [2.45, 2.75) is 360 Å². The van der Waals surface area contributed by atoms with Crippen LogP contribution >= 0.6 is 0 Å². The van der Waals surface area contributed by atoms with Crippen LogP contribution in [0.25, 0.3) is 0 Å². The fourth-order valence-electron chi connectivity index (χ4n) is 9.92. The summed E-state index contributed by atoms with van der Waals surface area (Å²) in [5.41, 5.74) is 0. The summed E-state index contributed by atoms with van der Waals surface area (Å²) in [6, 6.07) is -0.633. The van der Waals surface area contributed by atoms with Crippen molar-refractivity contribution in [3.8, 4) is 0 Å². The van der Waals surface area contributed by atoms with Gasteiger partial charge in [0, 0.05) is 12.8 Å². The second-order valence-electron chi connectivity index (χ2n) is 22.1. The molecule has 0 aliphatic heterocycles. The zero-order valence-corrected chi connectivity index (χ0v) is 48.4. The monoisotopic (exact) mass is 1010 g/mol. The van der Waals surface area contributed by atoms with Gasteiger partial charge in [-0.3, -0.25) is 9.59 Å². The molecule has 6 nitrogen and oxygen atoms in total. The lowest BCUT2D eigenvalue weighted by molar-refractivity contribution is -0.143. The molecule has 0 aromatic carbocycles. The summed E-state index contributed by atoms with van der Waals surface area (Å²) in [5, 5.41) is 23.1. The van der Waals surface area contributed by atoms with Crippen LogP contribution in [0.15, 0.2) is 36.5 Å². The van der Waals surface area contributed by atoms with Crippen LogP contribution in [-0.2, 0) is 14.3 Å². The van der Waals surface area contributed by atoms with Gasteiger partial charge in [-0.15, -0.1) is 0 Å². The minimum absolute atomic E-state index is 0.00909. The molecule has 6 heteroatoms. The average molecular weight is 1010 g/mol. The van der Waals surface area contributed by atoms with E-state index < -0.39 is 12.1 Å². The SMILES string of the molecule is CCCCCCCC/C=C\CCCCCCCCCCCC(=O)OCCCCCCCCCCCCC/C=C\CCCCCCCCCC(=O)NC(CO)C(O)/C=C/CCCCCCCCCCCCCC. The fraction of sp³-hybridized carbons (Fsp3) is 0.879. The van der Waals surface area contributed by atoms with Gasteiger partial charge in [0.1, 0.15) is 0 Å². The average Bonchev–Trinajstić information content (AvgIpc) is 3.38. The van der Waals surface area contributed by atoms with Crippen molar-refractivity contribution in [1.29, 1.82) is 0 Å². The summed E-state index contributed by atoms with van der Waals surface area (Å²) in [7, 11) is 0. The molecule has 0 aromatic heterocycles. The predicted octanol–water partition coefficient (Wildman–Crippen LogP) is 20.4. The minimum atomic E-state index is -0.849. The summed E-state index contributed by atoms with van der Waals surface area (Å²) < 4.78 is 5.50. The number of hydrogen-bond donors (Lipinski definition) is 3. The second-order valence-corrected chi connectivity index (χ2v) is 22.1. The number of ether oxygens (including phenoxy) is 1. The number of carbonyl (C=O) groups excluding carboxylic acids is 2. The largest absolute Gasteiger partial charge is 0.466 e. The number of esters is 1. The van der Waals surface area contributed by atoms with Crippen LogP contribution in [0.4, 0.5) is 0 Å². The maximum atomic E-state index is 12.5. The van der Waals surface area contributed by atoms with E-state index in [2.05, 4.69) is 43.5 Å². The van der Waals surface area contributed by atoms with Gasteiger partial charge >= 0.3 is 5.97 Å². The van der Waals surface area contributed by atoms with E-state index in [1.165, 1.54) is 270 Å². The van der Waals surface area contributed by atoms with Crippen molar-refractivity contribution in [3.05, 3.63) is 36.5 Å². The predicted molar refractivity (Wildman–Crippen MR) is 315 cm³/mol. The van der Waals surface area contributed by atoms with Gasteiger partial charge in [0.25, 0.3) is 0 Å². The summed E-state index contributed by atoms with van der Waals surface area (Å²) >= 11 is 0. The molecular weight excluding hydrogens is 887 g/mol. The second kappa shape index (κ2) is 61.6. The molecule has 1 amide bonds. The smallest absolute Gasteiger partial charge is 0.305 e. The van der Waals surface area contributed by atoms with E-state index in [1.807, 2.05) is 6.08 Å². The Morgan fingerprint density at radius 1 is 0.375 bits per heavy atom. The number of rotatable bonds is 60. The van der Waals surface area contributed by atoms with Gasteiger partial charge in [0.15, 0.2) is 0 Å². The molecule has 0 saturated carbocycles. The Labute approximate surface area is 449 Å². The molecule has 2 atom stereocenters. The lowest BCUT2D eigenvalue weighted by Crippen LogP contribution is -2.45. The molecule has 2 unspecified atom stereocenters. The summed E-state index contributed by atoms with van der Waals surface area (Å²) in [4.78, 5) is 24.6. The van der Waals surface area contributed by atoms with E-state index >= 15 is 0 Å². The van der Waals surface area contributed by atoms with Crippen molar-refractivity contribution < 1.29 is 24.5 Å².